The van der Waals surface area contributed by atoms with Gasteiger partial charge in [-0.25, -0.2) is 19.6 Å². The Balaban J connectivity index is 1.70. The van der Waals surface area contributed by atoms with Gasteiger partial charge in [0.1, 0.15) is 43.5 Å². The lowest BCUT2D eigenvalue weighted by Crippen LogP contribution is -2.42. The minimum absolute atomic E-state index is 0.0720. The smallest absolute Gasteiger partial charge is 0.330 e. The normalized spacial score (nSPS) is 13.5. The standard InChI is InChI=1S/C36H46N2O12S2/c1-5-9-17-37-34(43)31(35(44)38(37)18-10-6-2)36-51-32-25(45-19-11-13-29(41)49-23-21-47-27(39)7-3)15-16-26(33(32)52-36)46-20-12-14-30(42)50-24-22-48-28(40)8-4/h7-8,15-16H,3-6,9-14,17-24H2,1-2H3. The van der Waals surface area contributed by atoms with E-state index >= 15 is 0 Å². The average Bonchev–Trinajstić information content (AvgIpc) is 3.68. The molecule has 0 saturated carbocycles. The van der Waals surface area contributed by atoms with Gasteiger partial charge in [0.2, 0.25) is 0 Å². The van der Waals surface area contributed by atoms with E-state index in [1.54, 1.807) is 22.2 Å². The van der Waals surface area contributed by atoms with Gasteiger partial charge in [-0.2, -0.15) is 0 Å². The lowest BCUT2D eigenvalue weighted by molar-refractivity contribution is -0.149. The van der Waals surface area contributed by atoms with E-state index in [1.807, 2.05) is 13.8 Å². The first kappa shape index (κ1) is 42.0. The topological polar surface area (TPSA) is 164 Å². The Kier molecular flexibility index (Phi) is 18.2. The van der Waals surface area contributed by atoms with Crippen LogP contribution in [0.15, 0.2) is 57.0 Å². The fourth-order valence-electron chi connectivity index (χ4n) is 4.71. The molecule has 0 atom stereocenters. The molecule has 2 aliphatic heterocycles. The number of esters is 4. The summed E-state index contributed by atoms with van der Waals surface area (Å²) in [6.45, 7) is 11.6. The third-order valence-corrected chi connectivity index (χ3v) is 9.98. The van der Waals surface area contributed by atoms with Crippen LogP contribution >= 0.6 is 23.5 Å². The molecule has 2 aliphatic rings. The molecule has 1 aromatic carbocycles. The quantitative estimate of drug-likeness (QED) is 0.0447. The van der Waals surface area contributed by atoms with Crippen LogP contribution in [0, 0.1) is 0 Å². The lowest BCUT2D eigenvalue weighted by atomic mass is 10.3. The number of hydrogen-bond donors (Lipinski definition) is 0. The summed E-state index contributed by atoms with van der Waals surface area (Å²) in [4.78, 5) is 75.2. The third-order valence-electron chi connectivity index (χ3n) is 7.35. The van der Waals surface area contributed by atoms with Gasteiger partial charge in [-0.15, -0.1) is 0 Å². The van der Waals surface area contributed by atoms with E-state index in [-0.39, 0.29) is 69.9 Å². The molecule has 1 saturated heterocycles. The largest absolute Gasteiger partial charge is 0.492 e. The molecule has 14 nitrogen and oxygen atoms in total. The summed E-state index contributed by atoms with van der Waals surface area (Å²) < 4.78 is 32.4. The molecular formula is C36H46N2O12S2. The molecule has 284 valence electrons. The van der Waals surface area contributed by atoms with Gasteiger partial charge in [0.05, 0.1) is 27.2 Å². The second-order valence-electron chi connectivity index (χ2n) is 11.2. The van der Waals surface area contributed by atoms with E-state index in [4.69, 9.17) is 28.4 Å². The molecule has 2 amide bonds. The van der Waals surface area contributed by atoms with E-state index in [2.05, 4.69) is 13.2 Å². The van der Waals surface area contributed by atoms with Crippen LogP contribution in [0.2, 0.25) is 0 Å². The van der Waals surface area contributed by atoms with Gasteiger partial charge in [-0.05, 0) is 37.8 Å². The number of hydrogen-bond acceptors (Lipinski definition) is 14. The monoisotopic (exact) mass is 762 g/mol. The van der Waals surface area contributed by atoms with Crippen LogP contribution in [0.3, 0.4) is 0 Å². The van der Waals surface area contributed by atoms with Crippen molar-refractivity contribution in [2.75, 3.05) is 52.7 Å². The van der Waals surface area contributed by atoms with Gasteiger partial charge in [0.15, 0.2) is 0 Å². The summed E-state index contributed by atoms with van der Waals surface area (Å²) in [6, 6.07) is 3.44. The Hall–Kier alpha value is -4.44. The predicted molar refractivity (Wildman–Crippen MR) is 192 cm³/mol. The summed E-state index contributed by atoms with van der Waals surface area (Å²) in [7, 11) is 0. The van der Waals surface area contributed by atoms with Crippen molar-refractivity contribution in [2.24, 2.45) is 0 Å². The number of fused-ring (bicyclic) bond motifs is 1. The van der Waals surface area contributed by atoms with Crippen molar-refractivity contribution in [3.05, 3.63) is 47.3 Å². The molecule has 3 rings (SSSR count). The second-order valence-corrected chi connectivity index (χ2v) is 13.5. The Bertz CT molecular complexity index is 1400. The van der Waals surface area contributed by atoms with E-state index in [1.165, 1.54) is 23.5 Å². The molecule has 0 aromatic heterocycles. The molecule has 0 aliphatic carbocycles. The van der Waals surface area contributed by atoms with Crippen molar-refractivity contribution < 1.29 is 57.2 Å². The molecule has 0 unspecified atom stereocenters. The highest BCUT2D eigenvalue weighted by molar-refractivity contribution is 8.25. The molecule has 0 bridgehead atoms. The first-order valence-electron chi connectivity index (χ1n) is 17.2. The molecule has 0 radical (unpaired) electrons. The number of hydrazine groups is 1. The molecule has 1 aromatic rings. The Morgan fingerprint density at radius 1 is 0.635 bits per heavy atom. The number of unbranched alkanes of at least 4 members (excludes halogenated alkanes) is 2. The van der Waals surface area contributed by atoms with Crippen LogP contribution in [-0.4, -0.2) is 98.4 Å². The second kappa shape index (κ2) is 22.5. The van der Waals surface area contributed by atoms with Crippen LogP contribution in [0.4, 0.5) is 0 Å². The minimum atomic E-state index is -0.602. The van der Waals surface area contributed by atoms with E-state index < -0.39 is 23.9 Å². The van der Waals surface area contributed by atoms with Crippen LogP contribution in [-0.2, 0) is 47.7 Å². The molecule has 2 heterocycles. The fraction of sp³-hybridized carbons (Fsp3) is 0.500. The van der Waals surface area contributed by atoms with Gasteiger partial charge >= 0.3 is 23.9 Å². The number of amides is 2. The van der Waals surface area contributed by atoms with Crippen molar-refractivity contribution in [1.82, 2.24) is 10.0 Å². The molecule has 52 heavy (non-hydrogen) atoms. The van der Waals surface area contributed by atoms with Crippen LogP contribution in [0.5, 0.6) is 11.5 Å². The van der Waals surface area contributed by atoms with Crippen molar-refractivity contribution in [3.8, 4) is 11.5 Å². The van der Waals surface area contributed by atoms with Crippen molar-refractivity contribution in [2.45, 2.75) is 75.0 Å². The molecule has 16 heteroatoms. The number of benzene rings is 1. The maximum atomic E-state index is 13.7. The number of thioether (sulfide) groups is 2. The van der Waals surface area contributed by atoms with Crippen LogP contribution in [0.25, 0.3) is 0 Å². The summed E-state index contributed by atoms with van der Waals surface area (Å²) in [5.74, 6) is -1.83. The summed E-state index contributed by atoms with van der Waals surface area (Å²) in [5.41, 5.74) is 0.110. The maximum absolute atomic E-state index is 13.7. The Morgan fingerprint density at radius 3 is 1.42 bits per heavy atom. The zero-order chi connectivity index (χ0) is 37.9. The Morgan fingerprint density at radius 2 is 1.04 bits per heavy atom. The van der Waals surface area contributed by atoms with Gasteiger partial charge in [0, 0.05) is 38.1 Å². The zero-order valence-corrected chi connectivity index (χ0v) is 31.3. The summed E-state index contributed by atoms with van der Waals surface area (Å²) >= 11 is 2.52. The fourth-order valence-corrected chi connectivity index (χ4v) is 7.40. The van der Waals surface area contributed by atoms with Crippen molar-refractivity contribution in [1.29, 1.82) is 0 Å². The Labute approximate surface area is 312 Å². The first-order chi connectivity index (χ1) is 25.1. The first-order valence-corrected chi connectivity index (χ1v) is 18.8. The van der Waals surface area contributed by atoms with Gasteiger partial charge in [-0.3, -0.25) is 19.2 Å². The van der Waals surface area contributed by atoms with E-state index in [0.29, 0.717) is 51.5 Å². The maximum Gasteiger partial charge on any atom is 0.330 e. The zero-order valence-electron chi connectivity index (χ0n) is 29.6. The highest BCUT2D eigenvalue weighted by atomic mass is 32.2. The van der Waals surface area contributed by atoms with Gasteiger partial charge in [-0.1, -0.05) is 63.4 Å². The van der Waals surface area contributed by atoms with E-state index in [0.717, 1.165) is 37.8 Å². The van der Waals surface area contributed by atoms with Gasteiger partial charge in [0.25, 0.3) is 11.8 Å². The predicted octanol–water partition coefficient (Wildman–Crippen LogP) is 5.14. The lowest BCUT2D eigenvalue weighted by Gasteiger charge is -2.27. The number of rotatable bonds is 24. The van der Waals surface area contributed by atoms with Crippen molar-refractivity contribution in [3.63, 3.8) is 0 Å². The van der Waals surface area contributed by atoms with E-state index in [9.17, 15) is 28.8 Å². The SMILES string of the molecule is C=CC(=O)OCCOC(=O)CCCOc1ccc(OCCCC(=O)OCCOC(=O)C=C)c2c1SC(=C1C(=O)N(CCCC)N(CCCC)C1=O)S2. The molecular weight excluding hydrogens is 717 g/mol. The van der Waals surface area contributed by atoms with Crippen molar-refractivity contribution >= 4 is 59.2 Å². The summed E-state index contributed by atoms with van der Waals surface area (Å²) in [5, 5.41) is 3.10. The number of carbonyl (C=O) groups excluding carboxylic acids is 6. The molecule has 1 fully saturated rings. The molecule has 0 spiro atoms. The number of ether oxygens (including phenoxy) is 6. The highest BCUT2D eigenvalue weighted by Crippen LogP contribution is 2.59. The molecule has 0 N–H and O–H groups in total. The highest BCUT2D eigenvalue weighted by Gasteiger charge is 2.44. The van der Waals surface area contributed by atoms with Crippen LogP contribution < -0.4 is 9.47 Å². The minimum Gasteiger partial charge on any atom is -0.492 e. The number of carbonyl (C=O) groups is 6. The number of nitrogens with zero attached hydrogens (tertiary/aromatic N) is 2. The average molecular weight is 763 g/mol. The van der Waals surface area contributed by atoms with Gasteiger partial charge < -0.3 is 28.4 Å². The summed E-state index contributed by atoms with van der Waals surface area (Å²) in [6.07, 6.45) is 6.12. The van der Waals surface area contributed by atoms with Crippen LogP contribution in [0.1, 0.15) is 65.2 Å². The third kappa shape index (κ3) is 12.7.